The lowest BCUT2D eigenvalue weighted by Crippen LogP contribution is -2.14. The summed E-state index contributed by atoms with van der Waals surface area (Å²) in [4.78, 5) is 64.3. The summed E-state index contributed by atoms with van der Waals surface area (Å²) in [6, 6.07) is 23.1. The third-order valence-electron chi connectivity index (χ3n) is 11.4. The topological polar surface area (TPSA) is 175 Å². The SMILES string of the molecule is CC.CC.CC(=O)Oc1ccc(CC(C)C)cc1.CC(C)C1C=CC(=O)O1.CC(C)C1CCC(=O)O1.CC(C)C1OC(=O)c2ccccc21.CCC(c1ccc(OC(C)=O)cc1)C(C)C.Cc1oc(=O)oc1CC(C)C. The quantitative estimate of drug-likeness (QED) is 0.0745. The van der Waals surface area contributed by atoms with Gasteiger partial charge in [-0.3, -0.25) is 14.4 Å². The number of ether oxygens (including phenoxy) is 5. The molecule has 0 radical (unpaired) electrons. The zero-order valence-electron chi connectivity index (χ0n) is 49.7. The smallest absolute Gasteiger partial charge is 0.462 e. The molecule has 4 unspecified atom stereocenters. The molecule has 3 aromatic carbocycles. The Labute approximate surface area is 455 Å². The van der Waals surface area contributed by atoms with Crippen molar-refractivity contribution in [3.05, 3.63) is 129 Å². The Kier molecular flexibility index (Phi) is 34.4. The van der Waals surface area contributed by atoms with Crippen LogP contribution in [0.1, 0.15) is 201 Å². The molecular formula is C63H94O13. The minimum atomic E-state index is -0.599. The van der Waals surface area contributed by atoms with Crippen molar-refractivity contribution in [3.63, 3.8) is 0 Å². The lowest BCUT2D eigenvalue weighted by Gasteiger charge is -2.19. The highest BCUT2D eigenvalue weighted by molar-refractivity contribution is 5.94. The molecule has 4 aromatic rings. The maximum absolute atomic E-state index is 11.4. The Morgan fingerprint density at radius 3 is 1.51 bits per heavy atom. The lowest BCUT2D eigenvalue weighted by molar-refractivity contribution is -0.143. The minimum Gasteiger partial charge on any atom is -0.462 e. The highest BCUT2D eigenvalue weighted by Crippen LogP contribution is 2.35. The molecule has 4 atom stereocenters. The van der Waals surface area contributed by atoms with Crippen LogP contribution < -0.4 is 15.3 Å². The molecule has 76 heavy (non-hydrogen) atoms. The second-order valence-corrected chi connectivity index (χ2v) is 20.3. The molecule has 0 spiro atoms. The molecule has 3 aliphatic heterocycles. The van der Waals surface area contributed by atoms with Crippen molar-refractivity contribution >= 4 is 29.8 Å². The van der Waals surface area contributed by atoms with Crippen molar-refractivity contribution in [2.24, 2.45) is 35.5 Å². The van der Waals surface area contributed by atoms with Gasteiger partial charge in [-0.05, 0) is 115 Å². The summed E-state index contributed by atoms with van der Waals surface area (Å²) >= 11 is 0. The molecule has 0 aliphatic carbocycles. The fourth-order valence-electron chi connectivity index (χ4n) is 7.73. The van der Waals surface area contributed by atoms with Gasteiger partial charge in [-0.25, -0.2) is 14.4 Å². The predicted molar refractivity (Wildman–Crippen MR) is 302 cm³/mol. The van der Waals surface area contributed by atoms with E-state index < -0.39 is 5.82 Å². The van der Waals surface area contributed by atoms with E-state index in [1.807, 2.05) is 114 Å². The van der Waals surface area contributed by atoms with Crippen LogP contribution in [-0.4, -0.2) is 42.1 Å². The second-order valence-electron chi connectivity index (χ2n) is 20.3. The van der Waals surface area contributed by atoms with E-state index in [9.17, 15) is 28.8 Å². The monoisotopic (exact) mass is 1060 g/mol. The summed E-state index contributed by atoms with van der Waals surface area (Å²) < 4.78 is 34.5. The molecule has 0 bridgehead atoms. The van der Waals surface area contributed by atoms with Gasteiger partial charge >= 0.3 is 35.7 Å². The largest absolute Gasteiger partial charge is 0.519 e. The number of benzene rings is 3. The molecule has 3 aliphatic rings. The zero-order chi connectivity index (χ0) is 58.2. The molecule has 13 heteroatoms. The molecule has 0 amide bonds. The van der Waals surface area contributed by atoms with Crippen molar-refractivity contribution in [1.29, 1.82) is 0 Å². The van der Waals surface area contributed by atoms with Crippen LogP contribution in [0.25, 0.3) is 0 Å². The highest BCUT2D eigenvalue weighted by atomic mass is 16.6. The first-order valence-electron chi connectivity index (χ1n) is 27.3. The summed E-state index contributed by atoms with van der Waals surface area (Å²) in [5.41, 5.74) is 4.34. The Hall–Kier alpha value is -6.24. The number of cyclic esters (lactones) is 3. The van der Waals surface area contributed by atoms with Gasteiger partial charge in [0.1, 0.15) is 41.3 Å². The Bertz CT molecular complexity index is 2360. The van der Waals surface area contributed by atoms with E-state index in [1.165, 1.54) is 31.1 Å². The van der Waals surface area contributed by atoms with Gasteiger partial charge in [0.05, 0.1) is 5.56 Å². The maximum atomic E-state index is 11.4. The number of hydrogen-bond donors (Lipinski definition) is 0. The zero-order valence-corrected chi connectivity index (χ0v) is 49.7. The van der Waals surface area contributed by atoms with Crippen LogP contribution in [-0.2, 0) is 46.2 Å². The number of carbonyl (C=O) groups is 5. The van der Waals surface area contributed by atoms with E-state index in [-0.39, 0.29) is 48.2 Å². The van der Waals surface area contributed by atoms with Gasteiger partial charge in [0.25, 0.3) is 0 Å². The van der Waals surface area contributed by atoms with E-state index in [4.69, 9.17) is 32.5 Å². The lowest BCUT2D eigenvalue weighted by atomic mass is 9.86. The molecule has 13 nitrogen and oxygen atoms in total. The van der Waals surface area contributed by atoms with Gasteiger partial charge in [0.15, 0.2) is 0 Å². The summed E-state index contributed by atoms with van der Waals surface area (Å²) in [5.74, 6) is 4.48. The molecule has 1 aromatic heterocycles. The van der Waals surface area contributed by atoms with Crippen molar-refractivity contribution < 1.29 is 56.5 Å². The summed E-state index contributed by atoms with van der Waals surface area (Å²) in [6.07, 6.45) is 7.90. The van der Waals surface area contributed by atoms with E-state index in [0.29, 0.717) is 70.9 Å². The minimum absolute atomic E-state index is 0.0116. The first-order chi connectivity index (χ1) is 35.8. The van der Waals surface area contributed by atoms with Crippen LogP contribution in [0.4, 0.5) is 0 Å². The van der Waals surface area contributed by atoms with Crippen molar-refractivity contribution in [3.8, 4) is 11.5 Å². The van der Waals surface area contributed by atoms with E-state index >= 15 is 0 Å². The van der Waals surface area contributed by atoms with Gasteiger partial charge in [0, 0.05) is 38.3 Å². The first kappa shape index (κ1) is 69.8. The van der Waals surface area contributed by atoms with Crippen LogP contribution in [0.15, 0.2) is 98.6 Å². The van der Waals surface area contributed by atoms with Crippen LogP contribution >= 0.6 is 0 Å². The van der Waals surface area contributed by atoms with Gasteiger partial charge < -0.3 is 32.5 Å². The summed E-state index contributed by atoms with van der Waals surface area (Å²) in [7, 11) is 0. The molecule has 1 fully saturated rings. The Morgan fingerprint density at radius 1 is 0.632 bits per heavy atom. The highest BCUT2D eigenvalue weighted by Gasteiger charge is 2.32. The Balaban J connectivity index is 0.000000885. The number of rotatable bonds is 12. The average Bonchev–Trinajstić information content (AvgIpc) is 4.16. The first-order valence-corrected chi connectivity index (χ1v) is 27.3. The Morgan fingerprint density at radius 2 is 1.16 bits per heavy atom. The van der Waals surface area contributed by atoms with Gasteiger partial charge in [-0.1, -0.05) is 160 Å². The molecule has 7 rings (SSSR count). The predicted octanol–water partition coefficient (Wildman–Crippen LogP) is 15.4. The summed E-state index contributed by atoms with van der Waals surface area (Å²) in [6.45, 7) is 40.0. The third kappa shape index (κ3) is 27.5. The van der Waals surface area contributed by atoms with E-state index in [1.54, 1.807) is 13.0 Å². The molecule has 4 heterocycles. The molecule has 0 saturated carbocycles. The molecule has 1 saturated heterocycles. The third-order valence-corrected chi connectivity index (χ3v) is 11.4. The number of aryl methyl sites for hydroxylation is 1. The summed E-state index contributed by atoms with van der Waals surface area (Å²) in [5, 5.41) is 0. The van der Waals surface area contributed by atoms with Crippen molar-refractivity contribution in [1.82, 2.24) is 0 Å². The fraction of sp³-hybridized carbons (Fsp3) is 0.556. The standard InChI is InChI=1S/C14H20O2.C12H16O2.C11H12O2.C8H12O3.C7H12O2.C7H10O2.2C2H6/c1-5-14(10(2)3)12-6-8-13(9-7-12)16-11(4)15;1-9(2)8-11-4-6-12(7-5-11)14-10(3)13;1-7(2)10-8-5-3-4-6-9(8)11(12)13-10;1-5(2)4-7-6(3)10-8(9)11-7;2*1-5(2)6-3-4-7(8)9-6;2*1-2/h6-10,14H,5H2,1-4H3;4-7,9H,8H2,1-3H3;3-7,10H,1-2H3;5H,4H2,1-3H3;5-6H,3-4H2,1-2H3;3-6H,1-2H3;2*1-2H3. The normalized spacial score (nSPS) is 15.9. The van der Waals surface area contributed by atoms with Gasteiger partial charge in [0.2, 0.25) is 0 Å². The average molecular weight is 1060 g/mol. The van der Waals surface area contributed by atoms with E-state index in [2.05, 4.69) is 76.2 Å². The molecule has 424 valence electrons. The van der Waals surface area contributed by atoms with Crippen LogP contribution in [0.5, 0.6) is 11.5 Å². The van der Waals surface area contributed by atoms with E-state index in [0.717, 1.165) is 36.8 Å². The number of carbonyl (C=O) groups excluding carboxylic acids is 5. The molecule has 0 N–H and O–H groups in total. The van der Waals surface area contributed by atoms with Crippen LogP contribution in [0, 0.1) is 42.4 Å². The van der Waals surface area contributed by atoms with Gasteiger partial charge in [-0.15, -0.1) is 0 Å². The number of hydrogen-bond acceptors (Lipinski definition) is 13. The molecular weight excluding hydrogens is 965 g/mol. The number of fused-ring (bicyclic) bond motifs is 1. The number of esters is 5. The van der Waals surface area contributed by atoms with Crippen molar-refractivity contribution in [2.75, 3.05) is 0 Å². The second kappa shape index (κ2) is 37.5. The van der Waals surface area contributed by atoms with Gasteiger partial charge in [-0.2, -0.15) is 0 Å². The van der Waals surface area contributed by atoms with Crippen molar-refractivity contribution in [2.45, 2.75) is 195 Å². The van der Waals surface area contributed by atoms with Crippen LogP contribution in [0.3, 0.4) is 0 Å². The fourth-order valence-corrected chi connectivity index (χ4v) is 7.73. The maximum Gasteiger partial charge on any atom is 0.519 e. The van der Waals surface area contributed by atoms with Crippen LogP contribution in [0.2, 0.25) is 0 Å².